The fourth-order valence-corrected chi connectivity index (χ4v) is 3.77. The predicted octanol–water partition coefficient (Wildman–Crippen LogP) is 4.33. The molecule has 2 aromatic carbocycles. The fourth-order valence-electron chi connectivity index (χ4n) is 3.30. The van der Waals surface area contributed by atoms with Gasteiger partial charge in [0.2, 0.25) is 5.91 Å². The average Bonchev–Trinajstić information content (AvgIpc) is 2.75. The minimum atomic E-state index is -0.669. The maximum Gasteiger partial charge on any atom is 0.254 e. The van der Waals surface area contributed by atoms with Gasteiger partial charge in [-0.05, 0) is 37.1 Å². The van der Waals surface area contributed by atoms with Gasteiger partial charge in [-0.1, -0.05) is 47.0 Å². The third-order valence-corrected chi connectivity index (χ3v) is 4.85. The Labute approximate surface area is 156 Å². The zero-order valence-electron chi connectivity index (χ0n) is 14.2. The first-order chi connectivity index (χ1) is 11.8. The van der Waals surface area contributed by atoms with Gasteiger partial charge in [0, 0.05) is 22.5 Å². The van der Waals surface area contributed by atoms with Crippen LogP contribution in [0, 0.1) is 13.8 Å². The Balaban J connectivity index is 2.06. The summed E-state index contributed by atoms with van der Waals surface area (Å²) in [5.41, 5.74) is 4.49. The summed E-state index contributed by atoms with van der Waals surface area (Å²) in [6.45, 7) is 5.67. The Morgan fingerprint density at radius 2 is 1.92 bits per heavy atom. The van der Waals surface area contributed by atoms with Gasteiger partial charge in [-0.3, -0.25) is 9.59 Å². The second-order valence-electron chi connectivity index (χ2n) is 6.31. The summed E-state index contributed by atoms with van der Waals surface area (Å²) >= 11 is 12.2. The maximum atomic E-state index is 13.0. The third kappa shape index (κ3) is 3.37. The van der Waals surface area contributed by atoms with E-state index >= 15 is 0 Å². The minimum Gasteiger partial charge on any atom is -0.341 e. The number of carbonyl (C=O) groups is 2. The Kier molecular flexibility index (Phi) is 4.76. The molecular weight excluding hydrogens is 359 g/mol. The molecule has 0 bridgehead atoms. The molecule has 1 aliphatic rings. The maximum absolute atomic E-state index is 13.0. The van der Waals surface area contributed by atoms with Crippen molar-refractivity contribution in [2.45, 2.75) is 33.4 Å². The van der Waals surface area contributed by atoms with Crippen LogP contribution in [0.5, 0.6) is 0 Å². The van der Waals surface area contributed by atoms with Gasteiger partial charge < -0.3 is 10.2 Å². The van der Waals surface area contributed by atoms with E-state index in [1.807, 2.05) is 32.0 Å². The molecule has 2 amide bonds. The predicted molar refractivity (Wildman–Crippen MR) is 100 cm³/mol. The van der Waals surface area contributed by atoms with Crippen LogP contribution >= 0.6 is 23.2 Å². The number of carbonyl (C=O) groups excluding carboxylic acids is 2. The molecule has 6 heteroatoms. The summed E-state index contributed by atoms with van der Waals surface area (Å²) in [6, 6.07) is 8.53. The molecule has 130 valence electrons. The number of rotatable bonds is 3. The van der Waals surface area contributed by atoms with Crippen LogP contribution in [0.15, 0.2) is 30.3 Å². The minimum absolute atomic E-state index is 0.162. The zero-order chi connectivity index (χ0) is 18.3. The smallest absolute Gasteiger partial charge is 0.254 e. The Bertz CT molecular complexity index is 880. The SMILES string of the molecule is CC(=O)N[C@H]1C(=O)N(Cc2ccc(Cl)cc2Cl)c2c(C)cc(C)cc21. The van der Waals surface area contributed by atoms with Crippen molar-refractivity contribution in [3.8, 4) is 0 Å². The van der Waals surface area contributed by atoms with E-state index in [-0.39, 0.29) is 11.8 Å². The molecule has 0 saturated heterocycles. The van der Waals surface area contributed by atoms with Gasteiger partial charge in [-0.15, -0.1) is 0 Å². The summed E-state index contributed by atoms with van der Waals surface area (Å²) in [7, 11) is 0. The molecule has 0 unspecified atom stereocenters. The quantitative estimate of drug-likeness (QED) is 0.866. The van der Waals surface area contributed by atoms with Crippen LogP contribution in [0.2, 0.25) is 10.0 Å². The molecule has 0 aliphatic carbocycles. The van der Waals surface area contributed by atoms with Crippen molar-refractivity contribution < 1.29 is 9.59 Å². The first-order valence-electron chi connectivity index (χ1n) is 7.91. The van der Waals surface area contributed by atoms with Crippen molar-refractivity contribution in [1.29, 1.82) is 0 Å². The van der Waals surface area contributed by atoms with Crippen molar-refractivity contribution in [2.24, 2.45) is 0 Å². The van der Waals surface area contributed by atoms with Crippen molar-refractivity contribution in [3.05, 3.63) is 62.6 Å². The molecule has 2 aromatic rings. The second-order valence-corrected chi connectivity index (χ2v) is 7.16. The number of fused-ring (bicyclic) bond motifs is 1. The number of hydrogen-bond donors (Lipinski definition) is 1. The Morgan fingerprint density at radius 1 is 1.20 bits per heavy atom. The van der Waals surface area contributed by atoms with E-state index in [1.165, 1.54) is 6.92 Å². The van der Waals surface area contributed by atoms with Crippen LogP contribution in [0.3, 0.4) is 0 Å². The standard InChI is InChI=1S/C19H18Cl2N2O2/c1-10-6-11(2)18-15(7-10)17(22-12(3)24)19(25)23(18)9-13-4-5-14(20)8-16(13)21/h4-8,17H,9H2,1-3H3,(H,22,24)/t17-/m1/s1. The van der Waals surface area contributed by atoms with Crippen molar-refractivity contribution >= 4 is 40.7 Å². The van der Waals surface area contributed by atoms with Crippen LogP contribution in [0.25, 0.3) is 0 Å². The first-order valence-corrected chi connectivity index (χ1v) is 8.67. The number of hydrogen-bond acceptors (Lipinski definition) is 2. The highest BCUT2D eigenvalue weighted by Crippen LogP contribution is 2.40. The summed E-state index contributed by atoms with van der Waals surface area (Å²) in [6.07, 6.45) is 0. The molecule has 0 aromatic heterocycles. The number of nitrogens with one attached hydrogen (secondary N) is 1. The molecule has 0 spiro atoms. The summed E-state index contributed by atoms with van der Waals surface area (Å²) < 4.78 is 0. The van der Waals surface area contributed by atoms with E-state index in [0.717, 1.165) is 27.9 Å². The first kappa shape index (κ1) is 17.8. The van der Waals surface area contributed by atoms with E-state index < -0.39 is 6.04 Å². The zero-order valence-corrected chi connectivity index (χ0v) is 15.7. The van der Waals surface area contributed by atoms with Crippen LogP contribution in [0.1, 0.15) is 35.2 Å². The lowest BCUT2D eigenvalue weighted by Gasteiger charge is -2.20. The molecule has 25 heavy (non-hydrogen) atoms. The lowest BCUT2D eigenvalue weighted by Crippen LogP contribution is -2.36. The highest BCUT2D eigenvalue weighted by molar-refractivity contribution is 6.35. The number of amides is 2. The molecule has 1 atom stereocenters. The second kappa shape index (κ2) is 6.70. The van der Waals surface area contributed by atoms with Crippen LogP contribution in [0.4, 0.5) is 5.69 Å². The van der Waals surface area contributed by atoms with Crippen molar-refractivity contribution in [1.82, 2.24) is 5.32 Å². The molecule has 3 rings (SSSR count). The van der Waals surface area contributed by atoms with E-state index in [9.17, 15) is 9.59 Å². The summed E-state index contributed by atoms with van der Waals surface area (Å²) in [4.78, 5) is 26.2. The number of aryl methyl sites for hydroxylation is 2. The van der Waals surface area contributed by atoms with Gasteiger partial charge >= 0.3 is 0 Å². The molecule has 0 saturated carbocycles. The van der Waals surface area contributed by atoms with Gasteiger partial charge in [-0.2, -0.15) is 0 Å². The molecule has 0 fully saturated rings. The molecule has 0 radical (unpaired) electrons. The lowest BCUT2D eigenvalue weighted by molar-refractivity contribution is -0.126. The number of benzene rings is 2. The van der Waals surface area contributed by atoms with Crippen molar-refractivity contribution in [3.63, 3.8) is 0 Å². The number of halogens is 2. The van der Waals surface area contributed by atoms with Crippen LogP contribution in [-0.2, 0) is 16.1 Å². The highest BCUT2D eigenvalue weighted by atomic mass is 35.5. The largest absolute Gasteiger partial charge is 0.341 e. The average molecular weight is 377 g/mol. The van der Waals surface area contributed by atoms with E-state index in [1.54, 1.807) is 17.0 Å². The van der Waals surface area contributed by atoms with Gasteiger partial charge in [0.1, 0.15) is 6.04 Å². The number of anilines is 1. The normalized spacial score (nSPS) is 16.1. The van der Waals surface area contributed by atoms with E-state index in [4.69, 9.17) is 23.2 Å². The van der Waals surface area contributed by atoms with Crippen LogP contribution < -0.4 is 10.2 Å². The van der Waals surface area contributed by atoms with Gasteiger partial charge in [0.25, 0.3) is 5.91 Å². The van der Waals surface area contributed by atoms with Gasteiger partial charge in [0.15, 0.2) is 0 Å². The lowest BCUT2D eigenvalue weighted by atomic mass is 10.0. The Morgan fingerprint density at radius 3 is 2.56 bits per heavy atom. The molecule has 1 N–H and O–H groups in total. The monoisotopic (exact) mass is 376 g/mol. The Hall–Kier alpha value is -2.04. The van der Waals surface area contributed by atoms with E-state index in [2.05, 4.69) is 5.32 Å². The molecule has 1 heterocycles. The van der Waals surface area contributed by atoms with Crippen molar-refractivity contribution in [2.75, 3.05) is 4.90 Å². The fraction of sp³-hybridized carbons (Fsp3) is 0.263. The molecule has 4 nitrogen and oxygen atoms in total. The van der Waals surface area contributed by atoms with Gasteiger partial charge in [0.05, 0.1) is 12.2 Å². The molecular formula is C19H18Cl2N2O2. The van der Waals surface area contributed by atoms with E-state index in [0.29, 0.717) is 16.6 Å². The molecule has 1 aliphatic heterocycles. The summed E-state index contributed by atoms with van der Waals surface area (Å²) in [5, 5.41) is 3.81. The highest BCUT2D eigenvalue weighted by Gasteiger charge is 2.39. The van der Waals surface area contributed by atoms with Gasteiger partial charge in [-0.25, -0.2) is 0 Å². The number of nitrogens with zero attached hydrogens (tertiary/aromatic N) is 1. The third-order valence-electron chi connectivity index (χ3n) is 4.26. The van der Waals surface area contributed by atoms with Crippen LogP contribution in [-0.4, -0.2) is 11.8 Å². The summed E-state index contributed by atoms with van der Waals surface area (Å²) in [5.74, 6) is -0.403. The topological polar surface area (TPSA) is 49.4 Å².